The highest BCUT2D eigenvalue weighted by atomic mass is 35.5. The van der Waals surface area contributed by atoms with E-state index in [1.54, 1.807) is 32.1 Å². The summed E-state index contributed by atoms with van der Waals surface area (Å²) in [5.41, 5.74) is 2.49. The monoisotopic (exact) mass is 467 g/mol. The normalized spacial score (nSPS) is 20.5. The van der Waals surface area contributed by atoms with Crippen molar-refractivity contribution in [1.82, 2.24) is 4.90 Å². The lowest BCUT2D eigenvalue weighted by atomic mass is 9.83. The SMILES string of the molecule is CCCCCCC[C@@H](C/C=C/CCC(=O)N(C)C/C(=C/Cl)C1=CC[C@@H](O)[C@H](C)C1=O)OC. The van der Waals surface area contributed by atoms with Gasteiger partial charge in [-0.05, 0) is 31.3 Å². The fourth-order valence-electron chi connectivity index (χ4n) is 3.85. The van der Waals surface area contributed by atoms with Gasteiger partial charge >= 0.3 is 0 Å². The number of methoxy groups -OCH3 is 1. The van der Waals surface area contributed by atoms with Crippen LogP contribution in [-0.4, -0.2) is 54.6 Å². The third-order valence-corrected chi connectivity index (χ3v) is 6.45. The molecule has 0 bridgehead atoms. The van der Waals surface area contributed by atoms with E-state index in [0.717, 1.165) is 12.8 Å². The van der Waals surface area contributed by atoms with E-state index in [0.29, 0.717) is 30.4 Å². The summed E-state index contributed by atoms with van der Waals surface area (Å²) in [6.45, 7) is 4.21. The zero-order valence-corrected chi connectivity index (χ0v) is 21.1. The lowest BCUT2D eigenvalue weighted by molar-refractivity contribution is -0.129. The second-order valence-electron chi connectivity index (χ2n) is 8.76. The number of ether oxygens (including phenoxy) is 1. The third-order valence-electron chi connectivity index (χ3n) is 6.18. The topological polar surface area (TPSA) is 66.8 Å². The van der Waals surface area contributed by atoms with Gasteiger partial charge in [-0.25, -0.2) is 0 Å². The largest absolute Gasteiger partial charge is 0.392 e. The molecule has 0 heterocycles. The van der Waals surface area contributed by atoms with Crippen LogP contribution < -0.4 is 0 Å². The van der Waals surface area contributed by atoms with Crippen LogP contribution in [0.25, 0.3) is 0 Å². The summed E-state index contributed by atoms with van der Waals surface area (Å²) < 4.78 is 5.57. The number of Topliss-reactive ketones (excluding diaryl/α,β-unsaturated/α-hetero) is 1. The van der Waals surface area contributed by atoms with Crippen molar-refractivity contribution in [2.45, 2.75) is 90.3 Å². The zero-order chi connectivity index (χ0) is 23.9. The van der Waals surface area contributed by atoms with Crippen molar-refractivity contribution < 1.29 is 19.4 Å². The molecule has 1 N–H and O–H groups in total. The highest BCUT2D eigenvalue weighted by Gasteiger charge is 2.30. The first-order valence-corrected chi connectivity index (χ1v) is 12.4. The number of likely N-dealkylation sites (N-methyl/N-ethyl adjacent to an activating group) is 1. The van der Waals surface area contributed by atoms with Crippen LogP contribution in [0.5, 0.6) is 0 Å². The Bertz CT molecular complexity index is 671. The molecule has 0 spiro atoms. The maximum Gasteiger partial charge on any atom is 0.222 e. The van der Waals surface area contributed by atoms with Gasteiger partial charge in [0.25, 0.3) is 0 Å². The van der Waals surface area contributed by atoms with E-state index in [1.807, 2.05) is 6.08 Å². The first-order valence-electron chi connectivity index (χ1n) is 12.0. The Kier molecular flexibility index (Phi) is 14.5. The molecule has 6 heteroatoms. The standard InChI is InChI=1S/C26H42ClNO4/c1-5-6-7-8-10-13-22(32-4)14-11-9-12-15-25(30)28(3)19-21(18-27)23-16-17-24(29)20(2)26(23)31/h9,11,16,18,20,22,24,29H,5-8,10,12-15,17,19H2,1-4H3/b11-9+,21-18-/t20-,22-,24+/m0/s1. The van der Waals surface area contributed by atoms with Crippen molar-refractivity contribution in [3.63, 3.8) is 0 Å². The van der Waals surface area contributed by atoms with Crippen LogP contribution >= 0.6 is 11.6 Å². The molecule has 32 heavy (non-hydrogen) atoms. The van der Waals surface area contributed by atoms with Gasteiger partial charge in [-0.3, -0.25) is 9.59 Å². The van der Waals surface area contributed by atoms with E-state index in [-0.39, 0.29) is 24.3 Å². The number of amides is 1. The summed E-state index contributed by atoms with van der Waals surface area (Å²) >= 11 is 5.97. The molecule has 0 saturated heterocycles. The number of unbranched alkanes of at least 4 members (excludes halogenated alkanes) is 4. The van der Waals surface area contributed by atoms with E-state index in [9.17, 15) is 14.7 Å². The Morgan fingerprint density at radius 1 is 1.31 bits per heavy atom. The molecule has 1 amide bonds. The lowest BCUT2D eigenvalue weighted by Gasteiger charge is -2.26. The molecule has 1 rings (SSSR count). The number of aliphatic hydroxyl groups excluding tert-OH is 1. The first kappa shape index (κ1) is 28.6. The lowest BCUT2D eigenvalue weighted by Crippen LogP contribution is -2.34. The van der Waals surface area contributed by atoms with Crippen LogP contribution in [0, 0.1) is 5.92 Å². The Hall–Kier alpha value is -1.43. The Morgan fingerprint density at radius 3 is 2.69 bits per heavy atom. The minimum atomic E-state index is -0.660. The fraction of sp³-hybridized carbons (Fsp3) is 0.692. The van der Waals surface area contributed by atoms with Crippen LogP contribution in [0.2, 0.25) is 0 Å². The maximum absolute atomic E-state index is 12.5. The fourth-order valence-corrected chi connectivity index (χ4v) is 4.03. The van der Waals surface area contributed by atoms with Crippen molar-refractivity contribution in [3.05, 3.63) is 34.9 Å². The van der Waals surface area contributed by atoms with Gasteiger partial charge in [0.05, 0.1) is 12.2 Å². The molecule has 0 aromatic rings. The number of carbonyl (C=O) groups is 2. The quantitative estimate of drug-likeness (QED) is 0.252. The molecule has 1 aliphatic carbocycles. The summed E-state index contributed by atoms with van der Waals surface area (Å²) in [4.78, 5) is 26.6. The molecular formula is C26H42ClNO4. The average Bonchev–Trinajstić information content (AvgIpc) is 2.79. The van der Waals surface area contributed by atoms with Gasteiger partial charge in [0.15, 0.2) is 5.78 Å². The molecule has 0 aromatic heterocycles. The van der Waals surface area contributed by atoms with E-state index in [1.165, 1.54) is 37.6 Å². The number of ketones is 1. The Morgan fingerprint density at radius 2 is 2.03 bits per heavy atom. The second kappa shape index (κ2) is 16.2. The molecule has 3 atom stereocenters. The second-order valence-corrected chi connectivity index (χ2v) is 8.98. The molecule has 1 aliphatic rings. The van der Waals surface area contributed by atoms with Crippen LogP contribution in [0.3, 0.4) is 0 Å². The third kappa shape index (κ3) is 10.0. The number of aliphatic hydroxyl groups is 1. The highest BCUT2D eigenvalue weighted by Crippen LogP contribution is 2.26. The summed E-state index contributed by atoms with van der Waals surface area (Å²) in [5, 5.41) is 9.86. The number of hydrogen-bond donors (Lipinski definition) is 1. The van der Waals surface area contributed by atoms with Crippen LogP contribution in [0.1, 0.15) is 78.1 Å². The van der Waals surface area contributed by atoms with Crippen molar-refractivity contribution in [2.75, 3.05) is 20.7 Å². The van der Waals surface area contributed by atoms with E-state index >= 15 is 0 Å². The van der Waals surface area contributed by atoms with Gasteiger partial charge in [-0.2, -0.15) is 0 Å². The van der Waals surface area contributed by atoms with Crippen molar-refractivity contribution >= 4 is 23.3 Å². The van der Waals surface area contributed by atoms with Crippen LogP contribution in [-0.2, 0) is 14.3 Å². The summed E-state index contributed by atoms with van der Waals surface area (Å²) in [6, 6.07) is 0. The summed E-state index contributed by atoms with van der Waals surface area (Å²) in [7, 11) is 3.48. The van der Waals surface area contributed by atoms with Gasteiger partial charge in [-0.15, -0.1) is 0 Å². The summed E-state index contributed by atoms with van der Waals surface area (Å²) in [5.74, 6) is -0.584. The molecule has 5 nitrogen and oxygen atoms in total. The van der Waals surface area contributed by atoms with Crippen LogP contribution in [0.4, 0.5) is 0 Å². The van der Waals surface area contributed by atoms with Gasteiger partial charge in [0.1, 0.15) is 0 Å². The molecular weight excluding hydrogens is 426 g/mol. The van der Waals surface area contributed by atoms with E-state index < -0.39 is 12.0 Å². The minimum Gasteiger partial charge on any atom is -0.392 e. The molecule has 0 aliphatic heterocycles. The molecule has 0 aromatic carbocycles. The van der Waals surface area contributed by atoms with Crippen molar-refractivity contribution in [3.8, 4) is 0 Å². The van der Waals surface area contributed by atoms with Crippen molar-refractivity contribution in [2.24, 2.45) is 5.92 Å². The number of rotatable bonds is 15. The molecule has 0 fully saturated rings. The van der Waals surface area contributed by atoms with Gasteiger partial charge in [0, 0.05) is 44.1 Å². The van der Waals surface area contributed by atoms with E-state index in [4.69, 9.17) is 16.3 Å². The predicted octanol–water partition coefficient (Wildman–Crippen LogP) is 5.57. The number of halogens is 1. The molecule has 0 unspecified atom stereocenters. The van der Waals surface area contributed by atoms with Gasteiger partial charge in [-0.1, -0.05) is 75.8 Å². The number of nitrogens with zero attached hydrogens (tertiary/aromatic N) is 1. The zero-order valence-electron chi connectivity index (χ0n) is 20.3. The van der Waals surface area contributed by atoms with E-state index in [2.05, 4.69) is 13.0 Å². The molecule has 0 radical (unpaired) electrons. The van der Waals surface area contributed by atoms with Gasteiger partial charge in [0.2, 0.25) is 5.91 Å². The Balaban J connectivity index is 2.39. The number of allylic oxidation sites excluding steroid dienone is 1. The first-order chi connectivity index (χ1) is 15.3. The summed E-state index contributed by atoms with van der Waals surface area (Å²) in [6.07, 6.45) is 15.2. The maximum atomic E-state index is 12.5. The van der Waals surface area contributed by atoms with Crippen LogP contribution in [0.15, 0.2) is 34.9 Å². The Labute approximate surface area is 199 Å². The number of carbonyl (C=O) groups excluding carboxylic acids is 2. The van der Waals surface area contributed by atoms with Crippen molar-refractivity contribution in [1.29, 1.82) is 0 Å². The predicted molar refractivity (Wildman–Crippen MR) is 132 cm³/mol. The average molecular weight is 468 g/mol. The van der Waals surface area contributed by atoms with Gasteiger partial charge < -0.3 is 14.7 Å². The highest BCUT2D eigenvalue weighted by molar-refractivity contribution is 6.26. The number of hydrogen-bond acceptors (Lipinski definition) is 4. The molecule has 0 saturated carbocycles. The molecule has 182 valence electrons. The minimum absolute atomic E-state index is 0.00169. The smallest absolute Gasteiger partial charge is 0.222 e.